The summed E-state index contributed by atoms with van der Waals surface area (Å²) in [5, 5.41) is 17.4. The molecule has 0 bridgehead atoms. The third kappa shape index (κ3) is 14.7. The standard InChI is InChI=1S/C28H39N4O9P/c29-23(16-18-30-25(33)11-6-9-20-7-2-1-3-8-20)27(35)31-17-5-4-10-26(34)32-24(28(36)37)19-21-12-14-22(15-13-21)41-42(38,39)40/h1-3,7-8,12-15,23-24H,4-6,9-11,16-19,29H2,(H,30,33)(H,31,35)(H,32,34)(H,36,37)(H2,38,39,40)/t23-,24-/m0/s1. The minimum atomic E-state index is -4.70. The highest BCUT2D eigenvalue weighted by molar-refractivity contribution is 7.46. The van der Waals surface area contributed by atoms with Crippen molar-refractivity contribution in [2.75, 3.05) is 13.1 Å². The number of hydrogen-bond donors (Lipinski definition) is 7. The summed E-state index contributed by atoms with van der Waals surface area (Å²) in [6, 6.07) is 13.4. The molecule has 0 saturated heterocycles. The van der Waals surface area contributed by atoms with E-state index < -0.39 is 31.8 Å². The van der Waals surface area contributed by atoms with Gasteiger partial charge in [-0.3, -0.25) is 24.2 Å². The Kier molecular flexibility index (Phi) is 14.7. The van der Waals surface area contributed by atoms with Crippen LogP contribution in [-0.2, 0) is 36.6 Å². The molecule has 230 valence electrons. The number of hydrogen-bond acceptors (Lipinski definition) is 7. The first-order valence-electron chi connectivity index (χ1n) is 13.6. The van der Waals surface area contributed by atoms with Crippen molar-refractivity contribution in [3.05, 3.63) is 65.7 Å². The molecule has 42 heavy (non-hydrogen) atoms. The summed E-state index contributed by atoms with van der Waals surface area (Å²) >= 11 is 0. The monoisotopic (exact) mass is 606 g/mol. The minimum Gasteiger partial charge on any atom is -0.480 e. The van der Waals surface area contributed by atoms with Crippen LogP contribution in [0.4, 0.5) is 0 Å². The maximum atomic E-state index is 12.3. The fourth-order valence-corrected chi connectivity index (χ4v) is 4.36. The molecule has 13 nitrogen and oxygen atoms in total. The van der Waals surface area contributed by atoms with Gasteiger partial charge in [0.25, 0.3) is 0 Å². The summed E-state index contributed by atoms with van der Waals surface area (Å²) < 4.78 is 15.3. The van der Waals surface area contributed by atoms with Crippen LogP contribution in [0, 0.1) is 0 Å². The van der Waals surface area contributed by atoms with Gasteiger partial charge in [-0.15, -0.1) is 0 Å². The Labute approximate surface area is 244 Å². The first-order valence-corrected chi connectivity index (χ1v) is 15.2. The number of unbranched alkanes of at least 4 members (excludes halogenated alkanes) is 1. The molecule has 0 aliphatic heterocycles. The van der Waals surface area contributed by atoms with E-state index in [-0.39, 0.29) is 49.9 Å². The molecule has 8 N–H and O–H groups in total. The molecule has 0 aliphatic carbocycles. The Morgan fingerprint density at radius 1 is 0.833 bits per heavy atom. The third-order valence-corrected chi connectivity index (χ3v) is 6.63. The molecule has 0 aromatic heterocycles. The van der Waals surface area contributed by atoms with Crippen LogP contribution in [0.1, 0.15) is 49.7 Å². The van der Waals surface area contributed by atoms with E-state index in [0.717, 1.165) is 12.8 Å². The second kappa shape index (κ2) is 17.9. The Morgan fingerprint density at radius 3 is 2.14 bits per heavy atom. The fraction of sp³-hybridized carbons (Fsp3) is 0.429. The van der Waals surface area contributed by atoms with E-state index in [9.17, 15) is 28.8 Å². The van der Waals surface area contributed by atoms with Crippen LogP contribution < -0.4 is 26.2 Å². The largest absolute Gasteiger partial charge is 0.524 e. The van der Waals surface area contributed by atoms with Crippen LogP contribution in [0.25, 0.3) is 0 Å². The van der Waals surface area contributed by atoms with Crippen LogP contribution in [-0.4, -0.2) is 63.8 Å². The number of nitrogens with two attached hydrogens (primary N) is 1. The van der Waals surface area contributed by atoms with Gasteiger partial charge in [0.05, 0.1) is 6.04 Å². The van der Waals surface area contributed by atoms with E-state index in [2.05, 4.69) is 20.5 Å². The van der Waals surface area contributed by atoms with Gasteiger partial charge >= 0.3 is 13.8 Å². The third-order valence-electron chi connectivity index (χ3n) is 6.18. The van der Waals surface area contributed by atoms with Crippen molar-refractivity contribution in [1.82, 2.24) is 16.0 Å². The average molecular weight is 607 g/mol. The lowest BCUT2D eigenvalue weighted by molar-refractivity contribution is -0.141. The molecule has 0 radical (unpaired) electrons. The number of phosphoric acid groups is 1. The molecular formula is C28H39N4O9P. The van der Waals surface area contributed by atoms with Crippen molar-refractivity contribution in [1.29, 1.82) is 0 Å². The first-order chi connectivity index (χ1) is 19.9. The van der Waals surface area contributed by atoms with Gasteiger partial charge in [0.2, 0.25) is 17.7 Å². The van der Waals surface area contributed by atoms with E-state index in [1.807, 2.05) is 30.3 Å². The predicted molar refractivity (Wildman–Crippen MR) is 154 cm³/mol. The zero-order chi connectivity index (χ0) is 31.0. The number of carbonyl (C=O) groups is 4. The van der Waals surface area contributed by atoms with Crippen LogP contribution in [0.3, 0.4) is 0 Å². The first kappa shape index (κ1) is 34.4. The Hall–Kier alpha value is -3.77. The van der Waals surface area contributed by atoms with Crippen molar-refractivity contribution in [3.8, 4) is 5.75 Å². The topological polar surface area (TPSA) is 217 Å². The number of amides is 3. The van der Waals surface area contributed by atoms with Gasteiger partial charge in [0.15, 0.2) is 0 Å². The molecule has 2 rings (SSSR count). The maximum absolute atomic E-state index is 12.3. The summed E-state index contributed by atoms with van der Waals surface area (Å²) in [4.78, 5) is 65.7. The molecule has 0 saturated carbocycles. The zero-order valence-electron chi connectivity index (χ0n) is 23.2. The van der Waals surface area contributed by atoms with E-state index >= 15 is 0 Å². The van der Waals surface area contributed by atoms with Crippen molar-refractivity contribution in [3.63, 3.8) is 0 Å². The number of phosphoric ester groups is 1. The summed E-state index contributed by atoms with van der Waals surface area (Å²) in [5.41, 5.74) is 7.59. The number of benzene rings is 2. The molecule has 2 aromatic carbocycles. The van der Waals surface area contributed by atoms with Gasteiger partial charge in [0, 0.05) is 32.4 Å². The lowest BCUT2D eigenvalue weighted by Crippen LogP contribution is -2.43. The van der Waals surface area contributed by atoms with Crippen molar-refractivity contribution in [2.24, 2.45) is 5.73 Å². The van der Waals surface area contributed by atoms with Crippen molar-refractivity contribution in [2.45, 2.75) is 63.5 Å². The number of carboxylic acid groups (broad SMARTS) is 1. The second-order valence-corrected chi connectivity index (χ2v) is 10.9. The summed E-state index contributed by atoms with van der Waals surface area (Å²) in [6.45, 7) is 0.575. The zero-order valence-corrected chi connectivity index (χ0v) is 24.1. The Balaban J connectivity index is 1.58. The van der Waals surface area contributed by atoms with E-state index in [0.29, 0.717) is 24.8 Å². The van der Waals surface area contributed by atoms with Gasteiger partial charge in [0.1, 0.15) is 11.8 Å². The second-order valence-electron chi connectivity index (χ2n) is 9.72. The minimum absolute atomic E-state index is 0.0423. The number of carboxylic acids is 1. The van der Waals surface area contributed by atoms with Crippen LogP contribution in [0.2, 0.25) is 0 Å². The van der Waals surface area contributed by atoms with Crippen molar-refractivity contribution >= 4 is 31.5 Å². The van der Waals surface area contributed by atoms with Gasteiger partial charge in [-0.25, -0.2) is 9.36 Å². The van der Waals surface area contributed by atoms with Gasteiger partial charge in [-0.05, 0) is 55.4 Å². The van der Waals surface area contributed by atoms with Crippen LogP contribution in [0.5, 0.6) is 5.75 Å². The number of nitrogens with one attached hydrogen (secondary N) is 3. The normalized spacial score (nSPS) is 12.5. The molecule has 0 fully saturated rings. The Bertz CT molecular complexity index is 1210. The highest BCUT2D eigenvalue weighted by Crippen LogP contribution is 2.37. The maximum Gasteiger partial charge on any atom is 0.524 e. The molecule has 14 heteroatoms. The lowest BCUT2D eigenvalue weighted by atomic mass is 10.1. The SMILES string of the molecule is N[C@@H](CCNC(=O)CCCc1ccccc1)C(=O)NCCCCC(=O)N[C@@H](Cc1ccc(OP(=O)(O)O)cc1)C(=O)O. The molecule has 0 spiro atoms. The molecule has 0 heterocycles. The van der Waals surface area contributed by atoms with Crippen LogP contribution >= 0.6 is 7.82 Å². The molecule has 3 amide bonds. The van der Waals surface area contributed by atoms with Gasteiger partial charge in [-0.2, -0.15) is 0 Å². The predicted octanol–water partition coefficient (Wildman–Crippen LogP) is 1.41. The van der Waals surface area contributed by atoms with Crippen molar-refractivity contribution < 1.29 is 43.2 Å². The molecule has 2 atom stereocenters. The number of carbonyl (C=O) groups excluding carboxylic acids is 3. The number of rotatable bonds is 19. The molecule has 0 unspecified atom stereocenters. The lowest BCUT2D eigenvalue weighted by Gasteiger charge is -2.15. The smallest absolute Gasteiger partial charge is 0.480 e. The summed E-state index contributed by atoms with van der Waals surface area (Å²) in [5.74, 6) is -2.23. The van der Waals surface area contributed by atoms with E-state index in [1.54, 1.807) is 0 Å². The highest BCUT2D eigenvalue weighted by Gasteiger charge is 2.21. The number of aliphatic carboxylic acids is 1. The highest BCUT2D eigenvalue weighted by atomic mass is 31.2. The average Bonchev–Trinajstić information content (AvgIpc) is 2.93. The quantitative estimate of drug-likeness (QED) is 0.0901. The summed E-state index contributed by atoms with van der Waals surface area (Å²) in [7, 11) is -4.70. The van der Waals surface area contributed by atoms with Gasteiger partial charge < -0.3 is 31.3 Å². The van der Waals surface area contributed by atoms with Gasteiger partial charge in [-0.1, -0.05) is 42.5 Å². The summed E-state index contributed by atoms with van der Waals surface area (Å²) in [6.07, 6.45) is 3.11. The van der Waals surface area contributed by atoms with E-state index in [4.69, 9.17) is 15.5 Å². The van der Waals surface area contributed by atoms with Crippen LogP contribution in [0.15, 0.2) is 54.6 Å². The Morgan fingerprint density at radius 2 is 1.50 bits per heavy atom. The van der Waals surface area contributed by atoms with E-state index in [1.165, 1.54) is 29.8 Å². The fourth-order valence-electron chi connectivity index (χ4n) is 3.96. The molecule has 2 aromatic rings. The molecule has 0 aliphatic rings. The molecular weight excluding hydrogens is 567 g/mol. The number of aryl methyl sites for hydroxylation is 1.